The van der Waals surface area contributed by atoms with Crippen molar-refractivity contribution < 1.29 is 9.21 Å². The van der Waals surface area contributed by atoms with Crippen LogP contribution < -0.4 is 0 Å². The number of amides is 1. The lowest BCUT2D eigenvalue weighted by atomic mass is 9.94. The van der Waals surface area contributed by atoms with Crippen LogP contribution in [0.3, 0.4) is 0 Å². The quantitative estimate of drug-likeness (QED) is 0.497. The summed E-state index contributed by atoms with van der Waals surface area (Å²) in [6.07, 6.45) is 7.66. The Kier molecular flexibility index (Phi) is 5.39. The van der Waals surface area contributed by atoms with Gasteiger partial charge < -0.3 is 9.32 Å². The van der Waals surface area contributed by atoms with Gasteiger partial charge in [-0.25, -0.2) is 0 Å². The molecular weight excluding hydrogens is 386 g/mol. The molecule has 1 saturated carbocycles. The second-order valence-electron chi connectivity index (χ2n) is 6.67. The first-order valence-electron chi connectivity index (χ1n) is 8.87. The van der Waals surface area contributed by atoms with Crippen LogP contribution in [0.1, 0.15) is 37.9 Å². The fourth-order valence-electron chi connectivity index (χ4n) is 3.58. The zero-order chi connectivity index (χ0) is 18.1. The van der Waals surface area contributed by atoms with Gasteiger partial charge in [0, 0.05) is 22.7 Å². The molecule has 1 saturated heterocycles. The minimum Gasteiger partial charge on any atom is -0.457 e. The Bertz CT molecular complexity index is 825. The Morgan fingerprint density at radius 1 is 1.12 bits per heavy atom. The number of benzene rings is 1. The van der Waals surface area contributed by atoms with E-state index in [1.807, 2.05) is 47.4 Å². The van der Waals surface area contributed by atoms with Crippen LogP contribution in [-0.4, -0.2) is 21.6 Å². The predicted octanol–water partition coefficient (Wildman–Crippen LogP) is 6.06. The summed E-state index contributed by atoms with van der Waals surface area (Å²) in [5.74, 6) is 1.51. The van der Waals surface area contributed by atoms with Crippen LogP contribution in [0.25, 0.3) is 17.4 Å². The molecular formula is C20H20ClNO2S2. The topological polar surface area (TPSA) is 33.5 Å². The van der Waals surface area contributed by atoms with Crippen molar-refractivity contribution in [3.8, 4) is 11.3 Å². The molecule has 1 aliphatic heterocycles. The zero-order valence-corrected chi connectivity index (χ0v) is 16.7. The molecule has 0 N–H and O–H groups in total. The molecule has 1 atom stereocenters. The van der Waals surface area contributed by atoms with Crippen LogP contribution in [0, 0.1) is 0 Å². The summed E-state index contributed by atoms with van der Waals surface area (Å²) in [4.78, 5) is 15.5. The highest BCUT2D eigenvalue weighted by Gasteiger charge is 2.39. The van der Waals surface area contributed by atoms with E-state index in [2.05, 4.69) is 12.6 Å². The van der Waals surface area contributed by atoms with Gasteiger partial charge in [-0.3, -0.25) is 4.79 Å². The van der Waals surface area contributed by atoms with Crippen molar-refractivity contribution in [3.63, 3.8) is 0 Å². The highest BCUT2D eigenvalue weighted by atomic mass is 35.5. The molecule has 2 fully saturated rings. The first-order chi connectivity index (χ1) is 12.6. The number of carbonyl (C=O) groups is 1. The van der Waals surface area contributed by atoms with Crippen LogP contribution in [-0.2, 0) is 4.79 Å². The Morgan fingerprint density at radius 3 is 2.58 bits per heavy atom. The largest absolute Gasteiger partial charge is 0.457 e. The Labute approximate surface area is 168 Å². The number of thiol groups is 1. The minimum absolute atomic E-state index is 0.0753. The second-order valence-corrected chi connectivity index (χ2v) is 9.06. The van der Waals surface area contributed by atoms with Gasteiger partial charge in [0.15, 0.2) is 0 Å². The van der Waals surface area contributed by atoms with Crippen molar-refractivity contribution in [2.45, 2.75) is 42.9 Å². The third-order valence-electron chi connectivity index (χ3n) is 4.91. The first-order valence-corrected chi connectivity index (χ1v) is 10.6. The van der Waals surface area contributed by atoms with Crippen LogP contribution in [0.15, 0.2) is 45.7 Å². The molecule has 0 spiro atoms. The highest BCUT2D eigenvalue weighted by Crippen LogP contribution is 2.42. The van der Waals surface area contributed by atoms with Crippen LogP contribution in [0.4, 0.5) is 0 Å². The molecule has 0 bridgehead atoms. The van der Waals surface area contributed by atoms with Gasteiger partial charge >= 0.3 is 0 Å². The predicted molar refractivity (Wildman–Crippen MR) is 111 cm³/mol. The molecule has 6 heteroatoms. The minimum atomic E-state index is -0.109. The lowest BCUT2D eigenvalue weighted by Gasteiger charge is -2.32. The van der Waals surface area contributed by atoms with Gasteiger partial charge in [-0.2, -0.15) is 0 Å². The van der Waals surface area contributed by atoms with Gasteiger partial charge in [0.1, 0.15) is 16.2 Å². The highest BCUT2D eigenvalue weighted by molar-refractivity contribution is 8.14. The lowest BCUT2D eigenvalue weighted by molar-refractivity contribution is -0.127. The SMILES string of the molecule is O=C1/C(=C/c2ccc(-c3ccc(Cl)cc3)o2)SC(S)N1C1CCCCC1. The average Bonchev–Trinajstić information content (AvgIpc) is 3.21. The summed E-state index contributed by atoms with van der Waals surface area (Å²) in [6.45, 7) is 0. The molecule has 26 heavy (non-hydrogen) atoms. The maximum atomic E-state index is 12.9. The van der Waals surface area contributed by atoms with Crippen molar-refractivity contribution in [2.75, 3.05) is 0 Å². The normalized spacial score (nSPS) is 23.2. The molecule has 1 aromatic carbocycles. The number of hydrogen-bond donors (Lipinski definition) is 1. The smallest absolute Gasteiger partial charge is 0.262 e. The van der Waals surface area contributed by atoms with Crippen LogP contribution in [0.2, 0.25) is 5.02 Å². The Hall–Kier alpha value is -1.30. The lowest BCUT2D eigenvalue weighted by Crippen LogP contribution is -2.40. The number of rotatable bonds is 3. The number of halogens is 1. The van der Waals surface area contributed by atoms with E-state index in [1.54, 1.807) is 0 Å². The fraction of sp³-hybridized carbons (Fsp3) is 0.350. The summed E-state index contributed by atoms with van der Waals surface area (Å²) in [7, 11) is 0. The molecule has 1 aliphatic carbocycles. The monoisotopic (exact) mass is 405 g/mol. The van der Waals surface area contributed by atoms with Gasteiger partial charge in [-0.05, 0) is 49.2 Å². The standard InChI is InChI=1S/C20H20ClNO2S2/c21-14-8-6-13(7-9-14)17-11-10-16(24-17)12-18-19(23)22(20(25)26-18)15-4-2-1-3-5-15/h6-12,15,20,25H,1-5H2/b18-12-. The Balaban J connectivity index is 1.53. The molecule has 3 nitrogen and oxygen atoms in total. The molecule has 2 heterocycles. The number of carbonyl (C=O) groups excluding carboxylic acids is 1. The Morgan fingerprint density at radius 2 is 1.85 bits per heavy atom. The van der Waals surface area contributed by atoms with E-state index in [0.717, 1.165) is 24.2 Å². The van der Waals surface area contributed by atoms with Crippen molar-refractivity contribution in [1.29, 1.82) is 0 Å². The van der Waals surface area contributed by atoms with Crippen LogP contribution >= 0.6 is 36.0 Å². The van der Waals surface area contributed by atoms with Crippen molar-refractivity contribution in [3.05, 3.63) is 52.1 Å². The maximum Gasteiger partial charge on any atom is 0.262 e. The van der Waals surface area contributed by atoms with Gasteiger partial charge in [0.25, 0.3) is 5.91 Å². The van der Waals surface area contributed by atoms with Gasteiger partial charge in [0.05, 0.1) is 4.91 Å². The summed E-state index contributed by atoms with van der Waals surface area (Å²) in [6, 6.07) is 11.6. The summed E-state index contributed by atoms with van der Waals surface area (Å²) in [5, 5.41) is 0.693. The number of hydrogen-bond acceptors (Lipinski definition) is 4. The summed E-state index contributed by atoms with van der Waals surface area (Å²) in [5.41, 5.74) is 0.959. The molecule has 136 valence electrons. The number of thioether (sulfide) groups is 1. The molecule has 2 aliphatic rings. The summed E-state index contributed by atoms with van der Waals surface area (Å²) < 4.78 is 5.80. The average molecular weight is 406 g/mol. The van der Waals surface area contributed by atoms with Gasteiger partial charge in [0.2, 0.25) is 0 Å². The number of furan rings is 1. The van der Waals surface area contributed by atoms with Gasteiger partial charge in [-0.15, -0.1) is 12.6 Å². The second kappa shape index (κ2) is 7.75. The van der Waals surface area contributed by atoms with E-state index in [9.17, 15) is 4.79 Å². The fourth-order valence-corrected chi connectivity index (χ4v) is 5.34. The molecule has 4 rings (SSSR count). The van der Waals surface area contributed by atoms with E-state index in [0.29, 0.717) is 21.7 Å². The van der Waals surface area contributed by atoms with E-state index in [4.69, 9.17) is 16.0 Å². The first kappa shape index (κ1) is 18.1. The zero-order valence-electron chi connectivity index (χ0n) is 14.2. The van der Waals surface area contributed by atoms with E-state index < -0.39 is 0 Å². The van der Waals surface area contributed by atoms with Crippen molar-refractivity contribution in [1.82, 2.24) is 4.90 Å². The van der Waals surface area contributed by atoms with E-state index in [-0.39, 0.29) is 10.6 Å². The van der Waals surface area contributed by atoms with E-state index in [1.165, 1.54) is 31.0 Å². The van der Waals surface area contributed by atoms with Crippen molar-refractivity contribution in [2.24, 2.45) is 0 Å². The number of nitrogens with zero attached hydrogens (tertiary/aromatic N) is 1. The molecule has 1 unspecified atom stereocenters. The molecule has 1 aromatic heterocycles. The summed E-state index contributed by atoms with van der Waals surface area (Å²) >= 11 is 12.1. The van der Waals surface area contributed by atoms with Crippen molar-refractivity contribution >= 4 is 48.0 Å². The molecule has 2 aromatic rings. The third kappa shape index (κ3) is 3.71. The molecule has 1 amide bonds. The van der Waals surface area contributed by atoms with Gasteiger partial charge in [-0.1, -0.05) is 42.6 Å². The third-order valence-corrected chi connectivity index (χ3v) is 6.71. The maximum absolute atomic E-state index is 12.9. The van der Waals surface area contributed by atoms with E-state index >= 15 is 0 Å². The van der Waals surface area contributed by atoms with Crippen LogP contribution in [0.5, 0.6) is 0 Å². The molecule has 0 radical (unpaired) electrons.